The summed E-state index contributed by atoms with van der Waals surface area (Å²) in [5.41, 5.74) is 11.2. The maximum Gasteiger partial charge on any atom is 0.255 e. The number of aromatic nitrogens is 2. The molecule has 0 saturated carbocycles. The second kappa shape index (κ2) is 8.53. The van der Waals surface area contributed by atoms with Gasteiger partial charge in [-0.2, -0.15) is 0 Å². The number of anilines is 2. The molecule has 1 aromatic heterocycles. The molecule has 0 bridgehead atoms. The van der Waals surface area contributed by atoms with Crippen molar-refractivity contribution < 1.29 is 9.18 Å². The van der Waals surface area contributed by atoms with E-state index in [1.807, 2.05) is 18.2 Å². The van der Waals surface area contributed by atoms with Gasteiger partial charge in [-0.1, -0.05) is 30.3 Å². The molecular weight excluding hydrogens is 379 g/mol. The number of rotatable bonds is 5. The summed E-state index contributed by atoms with van der Waals surface area (Å²) in [5, 5.41) is 2.86. The van der Waals surface area contributed by atoms with E-state index in [1.54, 1.807) is 48.8 Å². The fraction of sp³-hybridized carbons (Fsp3) is 0.0417. The summed E-state index contributed by atoms with van der Waals surface area (Å²) in [5.74, 6) is -0.557. The summed E-state index contributed by atoms with van der Waals surface area (Å²) in [6.07, 6.45) is 5.72. The van der Waals surface area contributed by atoms with E-state index in [2.05, 4.69) is 15.3 Å². The van der Waals surface area contributed by atoms with Crippen molar-refractivity contribution in [3.05, 3.63) is 108 Å². The molecule has 0 fully saturated rings. The smallest absolute Gasteiger partial charge is 0.255 e. The van der Waals surface area contributed by atoms with Crippen LogP contribution in [0, 0.1) is 5.82 Å². The minimum absolute atomic E-state index is 0.257. The first-order valence-corrected chi connectivity index (χ1v) is 9.38. The molecule has 0 radical (unpaired) electrons. The van der Waals surface area contributed by atoms with Gasteiger partial charge in [-0.25, -0.2) is 14.4 Å². The average molecular weight is 398 g/mol. The summed E-state index contributed by atoms with van der Waals surface area (Å²) in [7, 11) is 0. The number of carbonyl (C=O) groups excluding carboxylic acids is 1. The molecule has 0 aliphatic rings. The van der Waals surface area contributed by atoms with Gasteiger partial charge in [0.05, 0.1) is 11.4 Å². The second-order valence-corrected chi connectivity index (χ2v) is 6.88. The van der Waals surface area contributed by atoms with E-state index in [0.29, 0.717) is 23.4 Å². The first-order valence-electron chi connectivity index (χ1n) is 9.38. The van der Waals surface area contributed by atoms with Crippen LogP contribution >= 0.6 is 0 Å². The number of amides is 1. The van der Waals surface area contributed by atoms with Crippen LogP contribution in [-0.2, 0) is 6.42 Å². The van der Waals surface area contributed by atoms with Gasteiger partial charge in [0.2, 0.25) is 0 Å². The van der Waals surface area contributed by atoms with E-state index in [4.69, 9.17) is 5.73 Å². The lowest BCUT2D eigenvalue weighted by molar-refractivity contribution is 0.102. The van der Waals surface area contributed by atoms with Gasteiger partial charge in [-0.15, -0.1) is 0 Å². The van der Waals surface area contributed by atoms with E-state index in [1.165, 1.54) is 18.5 Å². The molecule has 148 valence electrons. The lowest BCUT2D eigenvalue weighted by atomic mass is 10.0. The standard InChI is InChI=1S/C24H19FN4O/c25-21-8-5-18(6-9-21)20-7-10-22(26)23(12-20)29-24(30)19-3-1-16(2-4-19)11-17-13-27-15-28-14-17/h1-10,12-15H,11,26H2,(H,29,30). The van der Waals surface area contributed by atoms with Crippen LogP contribution in [0.3, 0.4) is 0 Å². The molecule has 3 aromatic carbocycles. The van der Waals surface area contributed by atoms with E-state index >= 15 is 0 Å². The van der Waals surface area contributed by atoms with Gasteiger partial charge in [-0.05, 0) is 58.7 Å². The van der Waals surface area contributed by atoms with Gasteiger partial charge in [0.15, 0.2) is 0 Å². The molecule has 0 aliphatic carbocycles. The Hall–Kier alpha value is -4.06. The third-order valence-corrected chi connectivity index (χ3v) is 4.72. The zero-order valence-electron chi connectivity index (χ0n) is 16.0. The molecule has 0 atom stereocenters. The largest absolute Gasteiger partial charge is 0.397 e. The summed E-state index contributed by atoms with van der Waals surface area (Å²) < 4.78 is 13.2. The highest BCUT2D eigenvalue weighted by Gasteiger charge is 2.10. The van der Waals surface area contributed by atoms with Crippen molar-refractivity contribution >= 4 is 17.3 Å². The Labute approximate surface area is 173 Å². The highest BCUT2D eigenvalue weighted by atomic mass is 19.1. The van der Waals surface area contributed by atoms with Crippen LogP contribution in [0.25, 0.3) is 11.1 Å². The molecule has 1 heterocycles. The number of nitrogens with two attached hydrogens (primary N) is 1. The van der Waals surface area contributed by atoms with Crippen LogP contribution in [0.4, 0.5) is 15.8 Å². The predicted octanol–water partition coefficient (Wildman–Crippen LogP) is 4.71. The maximum absolute atomic E-state index is 13.2. The van der Waals surface area contributed by atoms with Gasteiger partial charge in [0.1, 0.15) is 12.1 Å². The Balaban J connectivity index is 1.49. The number of hydrogen-bond acceptors (Lipinski definition) is 4. The van der Waals surface area contributed by atoms with Gasteiger partial charge in [0.25, 0.3) is 5.91 Å². The molecule has 0 spiro atoms. The van der Waals surface area contributed by atoms with Crippen molar-refractivity contribution in [3.8, 4) is 11.1 Å². The molecule has 30 heavy (non-hydrogen) atoms. The monoisotopic (exact) mass is 398 g/mol. The molecule has 4 aromatic rings. The van der Waals surface area contributed by atoms with Crippen LogP contribution in [0.15, 0.2) is 85.5 Å². The fourth-order valence-electron chi connectivity index (χ4n) is 3.11. The SMILES string of the molecule is Nc1ccc(-c2ccc(F)cc2)cc1NC(=O)c1ccc(Cc2cncnc2)cc1. The highest BCUT2D eigenvalue weighted by molar-refractivity contribution is 6.06. The molecule has 0 aliphatic heterocycles. The maximum atomic E-state index is 13.2. The van der Waals surface area contributed by atoms with E-state index in [0.717, 1.165) is 22.3 Å². The normalized spacial score (nSPS) is 10.6. The Morgan fingerprint density at radius 2 is 1.53 bits per heavy atom. The minimum atomic E-state index is -0.300. The third kappa shape index (κ3) is 4.50. The number of nitrogens with zero attached hydrogens (tertiary/aromatic N) is 2. The van der Waals surface area contributed by atoms with Gasteiger partial charge in [0, 0.05) is 24.4 Å². The van der Waals surface area contributed by atoms with E-state index in [9.17, 15) is 9.18 Å². The zero-order valence-corrected chi connectivity index (χ0v) is 16.0. The topological polar surface area (TPSA) is 80.9 Å². The molecule has 3 N–H and O–H groups in total. The van der Waals surface area contributed by atoms with Crippen LogP contribution in [-0.4, -0.2) is 15.9 Å². The molecule has 6 heteroatoms. The number of nitrogens with one attached hydrogen (secondary N) is 1. The van der Waals surface area contributed by atoms with Crippen molar-refractivity contribution in [2.45, 2.75) is 6.42 Å². The second-order valence-electron chi connectivity index (χ2n) is 6.88. The van der Waals surface area contributed by atoms with Crippen LogP contribution < -0.4 is 11.1 Å². The van der Waals surface area contributed by atoms with E-state index in [-0.39, 0.29) is 11.7 Å². The van der Waals surface area contributed by atoms with Crippen molar-refractivity contribution in [2.75, 3.05) is 11.1 Å². The van der Waals surface area contributed by atoms with E-state index < -0.39 is 0 Å². The Morgan fingerprint density at radius 1 is 0.867 bits per heavy atom. The number of benzene rings is 3. The first-order chi connectivity index (χ1) is 14.6. The number of carbonyl (C=O) groups is 1. The number of halogens is 1. The van der Waals surface area contributed by atoms with Gasteiger partial charge >= 0.3 is 0 Å². The van der Waals surface area contributed by atoms with Crippen LogP contribution in [0.2, 0.25) is 0 Å². The molecule has 0 saturated heterocycles. The highest BCUT2D eigenvalue weighted by Crippen LogP contribution is 2.28. The average Bonchev–Trinajstić information content (AvgIpc) is 2.77. The first kappa shape index (κ1) is 19.3. The quantitative estimate of drug-likeness (QED) is 0.477. The van der Waals surface area contributed by atoms with Gasteiger partial charge in [-0.3, -0.25) is 4.79 Å². The number of hydrogen-bond donors (Lipinski definition) is 2. The summed E-state index contributed by atoms with van der Waals surface area (Å²) >= 11 is 0. The third-order valence-electron chi connectivity index (χ3n) is 4.72. The van der Waals surface area contributed by atoms with Crippen LogP contribution in [0.5, 0.6) is 0 Å². The van der Waals surface area contributed by atoms with Crippen molar-refractivity contribution in [3.63, 3.8) is 0 Å². The minimum Gasteiger partial charge on any atom is -0.397 e. The summed E-state index contributed by atoms with van der Waals surface area (Å²) in [6.45, 7) is 0. The molecule has 5 nitrogen and oxygen atoms in total. The predicted molar refractivity (Wildman–Crippen MR) is 115 cm³/mol. The Kier molecular flexibility index (Phi) is 5.48. The molecular formula is C24H19FN4O. The fourth-order valence-corrected chi connectivity index (χ4v) is 3.11. The summed E-state index contributed by atoms with van der Waals surface area (Å²) in [4.78, 5) is 20.7. The number of nitrogen functional groups attached to an aromatic ring is 1. The van der Waals surface area contributed by atoms with Crippen molar-refractivity contribution in [1.82, 2.24) is 9.97 Å². The van der Waals surface area contributed by atoms with Crippen molar-refractivity contribution in [1.29, 1.82) is 0 Å². The van der Waals surface area contributed by atoms with Crippen molar-refractivity contribution in [2.24, 2.45) is 0 Å². The summed E-state index contributed by atoms with van der Waals surface area (Å²) in [6, 6.07) is 18.8. The molecule has 0 unspecified atom stereocenters. The van der Waals surface area contributed by atoms with Crippen LogP contribution in [0.1, 0.15) is 21.5 Å². The lowest BCUT2D eigenvalue weighted by Crippen LogP contribution is -2.13. The lowest BCUT2D eigenvalue weighted by Gasteiger charge is -2.11. The van der Waals surface area contributed by atoms with Gasteiger partial charge < -0.3 is 11.1 Å². The zero-order chi connectivity index (χ0) is 20.9. The Bertz CT molecular complexity index is 1160. The molecule has 4 rings (SSSR count). The Morgan fingerprint density at radius 3 is 2.23 bits per heavy atom. The molecule has 1 amide bonds.